The van der Waals surface area contributed by atoms with Crippen LogP contribution in [0.25, 0.3) is 0 Å². The fourth-order valence-electron chi connectivity index (χ4n) is 2.53. The van der Waals surface area contributed by atoms with Crippen LogP contribution in [0.4, 0.5) is 0 Å². The van der Waals surface area contributed by atoms with E-state index in [1.807, 2.05) is 0 Å². The molecule has 2 heteroatoms. The molecule has 90 valence electrons. The van der Waals surface area contributed by atoms with E-state index in [-0.39, 0.29) is 0 Å². The van der Waals surface area contributed by atoms with Crippen LogP contribution >= 0.6 is 0 Å². The van der Waals surface area contributed by atoms with Crippen molar-refractivity contribution in [2.45, 2.75) is 59.0 Å². The Bertz CT molecular complexity index is 168. The third kappa shape index (κ3) is 4.12. The highest BCUT2D eigenvalue weighted by Crippen LogP contribution is 2.17. The van der Waals surface area contributed by atoms with Crippen LogP contribution in [0.15, 0.2) is 0 Å². The van der Waals surface area contributed by atoms with Crippen LogP contribution in [0.5, 0.6) is 0 Å². The number of nitrogens with zero attached hydrogens (tertiary/aromatic N) is 1. The topological polar surface area (TPSA) is 15.3 Å². The first-order valence-corrected chi connectivity index (χ1v) is 6.61. The van der Waals surface area contributed by atoms with Crippen molar-refractivity contribution < 1.29 is 0 Å². The first kappa shape index (κ1) is 13.0. The summed E-state index contributed by atoms with van der Waals surface area (Å²) in [5.74, 6) is 0.807. The Balaban J connectivity index is 2.58. The lowest BCUT2D eigenvalue weighted by Crippen LogP contribution is -2.45. The summed E-state index contributed by atoms with van der Waals surface area (Å²) in [7, 11) is 0. The van der Waals surface area contributed by atoms with Gasteiger partial charge >= 0.3 is 0 Å². The van der Waals surface area contributed by atoms with E-state index in [1.165, 1.54) is 38.9 Å². The molecule has 1 heterocycles. The Morgan fingerprint density at radius 1 is 1.33 bits per heavy atom. The zero-order valence-electron chi connectivity index (χ0n) is 10.9. The van der Waals surface area contributed by atoms with Crippen molar-refractivity contribution >= 4 is 0 Å². The fraction of sp³-hybridized carbons (Fsp3) is 1.00. The Labute approximate surface area is 95.4 Å². The van der Waals surface area contributed by atoms with Crippen molar-refractivity contribution in [2.75, 3.05) is 19.6 Å². The minimum Gasteiger partial charge on any atom is -0.315 e. The van der Waals surface area contributed by atoms with Crippen molar-refractivity contribution in [3.63, 3.8) is 0 Å². The average molecular weight is 212 g/mol. The van der Waals surface area contributed by atoms with Crippen LogP contribution in [0.1, 0.15) is 47.0 Å². The van der Waals surface area contributed by atoms with E-state index in [0.29, 0.717) is 0 Å². The van der Waals surface area contributed by atoms with E-state index in [0.717, 1.165) is 18.0 Å². The van der Waals surface area contributed by atoms with Crippen molar-refractivity contribution in [3.8, 4) is 0 Å². The average Bonchev–Trinajstić information content (AvgIpc) is 2.41. The standard InChI is InChI=1S/C13H28N2/c1-5-12(4)15-8-6-7-14-10-13(15)9-11(2)3/h11-14H,5-10H2,1-4H3. The summed E-state index contributed by atoms with van der Waals surface area (Å²) < 4.78 is 0. The highest BCUT2D eigenvalue weighted by Gasteiger charge is 2.24. The molecule has 2 atom stereocenters. The first-order valence-electron chi connectivity index (χ1n) is 6.61. The van der Waals surface area contributed by atoms with Crippen LogP contribution in [0.3, 0.4) is 0 Å². The zero-order valence-corrected chi connectivity index (χ0v) is 10.9. The van der Waals surface area contributed by atoms with E-state index >= 15 is 0 Å². The molecule has 1 aliphatic rings. The summed E-state index contributed by atoms with van der Waals surface area (Å²) in [6.07, 6.45) is 3.91. The summed E-state index contributed by atoms with van der Waals surface area (Å²) in [4.78, 5) is 2.72. The van der Waals surface area contributed by atoms with E-state index < -0.39 is 0 Å². The van der Waals surface area contributed by atoms with Gasteiger partial charge in [0.25, 0.3) is 0 Å². The molecule has 0 aliphatic carbocycles. The number of hydrogen-bond acceptors (Lipinski definition) is 2. The van der Waals surface area contributed by atoms with Gasteiger partial charge in [-0.1, -0.05) is 20.8 Å². The summed E-state index contributed by atoms with van der Waals surface area (Å²) in [6.45, 7) is 13.0. The van der Waals surface area contributed by atoms with Gasteiger partial charge in [-0.3, -0.25) is 4.90 Å². The normalized spacial score (nSPS) is 26.6. The molecule has 1 fully saturated rings. The number of rotatable bonds is 4. The molecule has 0 aromatic rings. The molecule has 1 N–H and O–H groups in total. The number of nitrogens with one attached hydrogen (secondary N) is 1. The molecule has 0 spiro atoms. The maximum absolute atomic E-state index is 3.57. The predicted molar refractivity (Wildman–Crippen MR) is 67.2 cm³/mol. The summed E-state index contributed by atoms with van der Waals surface area (Å²) in [6, 6.07) is 1.50. The summed E-state index contributed by atoms with van der Waals surface area (Å²) in [5.41, 5.74) is 0. The van der Waals surface area contributed by atoms with Gasteiger partial charge in [0.15, 0.2) is 0 Å². The van der Waals surface area contributed by atoms with Gasteiger partial charge < -0.3 is 5.32 Å². The number of hydrogen-bond donors (Lipinski definition) is 1. The second-order valence-corrected chi connectivity index (χ2v) is 5.34. The fourth-order valence-corrected chi connectivity index (χ4v) is 2.53. The molecule has 1 aliphatic heterocycles. The minimum atomic E-state index is 0.744. The molecular weight excluding hydrogens is 184 g/mol. The molecule has 0 aromatic carbocycles. The van der Waals surface area contributed by atoms with Gasteiger partial charge in [0.2, 0.25) is 0 Å². The largest absolute Gasteiger partial charge is 0.315 e. The SMILES string of the molecule is CCC(C)N1CCCNCC1CC(C)C. The monoisotopic (exact) mass is 212 g/mol. The maximum Gasteiger partial charge on any atom is 0.0225 e. The van der Waals surface area contributed by atoms with E-state index in [1.54, 1.807) is 0 Å². The van der Waals surface area contributed by atoms with Crippen molar-refractivity contribution in [2.24, 2.45) is 5.92 Å². The second kappa shape index (κ2) is 6.49. The van der Waals surface area contributed by atoms with Gasteiger partial charge in [-0.15, -0.1) is 0 Å². The van der Waals surface area contributed by atoms with E-state index in [2.05, 4.69) is 37.9 Å². The predicted octanol–water partition coefficient (Wildman–Crippen LogP) is 2.49. The lowest BCUT2D eigenvalue weighted by Gasteiger charge is -2.35. The Hall–Kier alpha value is -0.0800. The van der Waals surface area contributed by atoms with Gasteiger partial charge in [0.05, 0.1) is 0 Å². The van der Waals surface area contributed by atoms with Gasteiger partial charge in [-0.25, -0.2) is 0 Å². The Morgan fingerprint density at radius 3 is 2.67 bits per heavy atom. The molecule has 15 heavy (non-hydrogen) atoms. The van der Waals surface area contributed by atoms with Crippen LogP contribution < -0.4 is 5.32 Å². The molecule has 0 saturated carbocycles. The zero-order chi connectivity index (χ0) is 11.3. The lowest BCUT2D eigenvalue weighted by atomic mass is 10.0. The molecule has 0 amide bonds. The smallest absolute Gasteiger partial charge is 0.0225 e. The second-order valence-electron chi connectivity index (χ2n) is 5.34. The van der Waals surface area contributed by atoms with Crippen LogP contribution in [0.2, 0.25) is 0 Å². The molecule has 0 aromatic heterocycles. The molecular formula is C13H28N2. The maximum atomic E-state index is 3.57. The van der Waals surface area contributed by atoms with E-state index in [4.69, 9.17) is 0 Å². The minimum absolute atomic E-state index is 0.744. The highest BCUT2D eigenvalue weighted by atomic mass is 15.2. The summed E-state index contributed by atoms with van der Waals surface area (Å²) >= 11 is 0. The highest BCUT2D eigenvalue weighted by molar-refractivity contribution is 4.81. The van der Waals surface area contributed by atoms with Crippen molar-refractivity contribution in [1.29, 1.82) is 0 Å². The van der Waals surface area contributed by atoms with Gasteiger partial charge in [-0.2, -0.15) is 0 Å². The van der Waals surface area contributed by atoms with Gasteiger partial charge in [0, 0.05) is 18.6 Å². The lowest BCUT2D eigenvalue weighted by molar-refractivity contribution is 0.133. The Morgan fingerprint density at radius 2 is 2.07 bits per heavy atom. The van der Waals surface area contributed by atoms with Crippen LogP contribution in [0, 0.1) is 5.92 Å². The molecule has 1 rings (SSSR count). The third-order valence-corrected chi connectivity index (χ3v) is 3.52. The van der Waals surface area contributed by atoms with Gasteiger partial charge in [-0.05, 0) is 45.2 Å². The first-order chi connectivity index (χ1) is 7.15. The molecule has 2 unspecified atom stereocenters. The van der Waals surface area contributed by atoms with Crippen LogP contribution in [-0.2, 0) is 0 Å². The molecule has 1 saturated heterocycles. The summed E-state index contributed by atoms with van der Waals surface area (Å²) in [5, 5.41) is 3.57. The van der Waals surface area contributed by atoms with E-state index in [9.17, 15) is 0 Å². The van der Waals surface area contributed by atoms with Crippen molar-refractivity contribution in [3.05, 3.63) is 0 Å². The molecule has 2 nitrogen and oxygen atoms in total. The van der Waals surface area contributed by atoms with Gasteiger partial charge in [0.1, 0.15) is 0 Å². The quantitative estimate of drug-likeness (QED) is 0.770. The Kier molecular flexibility index (Phi) is 5.62. The third-order valence-electron chi connectivity index (χ3n) is 3.52. The molecule has 0 radical (unpaired) electrons. The molecule has 0 bridgehead atoms. The van der Waals surface area contributed by atoms with Crippen LogP contribution in [-0.4, -0.2) is 36.6 Å². The van der Waals surface area contributed by atoms with Crippen molar-refractivity contribution in [1.82, 2.24) is 10.2 Å².